The van der Waals surface area contributed by atoms with Gasteiger partial charge in [-0.1, -0.05) is 6.07 Å². The Bertz CT molecular complexity index is 608. The molecule has 0 unspecified atom stereocenters. The van der Waals surface area contributed by atoms with Crippen molar-refractivity contribution < 1.29 is 18.0 Å². The number of alkyl halides is 3. The number of nitrogens with zero attached hydrogens (tertiary/aromatic N) is 1. The number of benzene rings is 1. The van der Waals surface area contributed by atoms with Crippen LogP contribution in [0.1, 0.15) is 26.3 Å². The van der Waals surface area contributed by atoms with Crippen LogP contribution in [0.4, 0.5) is 24.5 Å². The maximum absolute atomic E-state index is 13.0. The lowest BCUT2D eigenvalue weighted by Crippen LogP contribution is -2.49. The van der Waals surface area contributed by atoms with Crippen molar-refractivity contribution in [2.24, 2.45) is 5.10 Å². The summed E-state index contributed by atoms with van der Waals surface area (Å²) in [7, 11) is 0. The van der Waals surface area contributed by atoms with Gasteiger partial charge in [0, 0.05) is 6.92 Å². The Morgan fingerprint density at radius 1 is 1.33 bits per heavy atom. The lowest BCUT2D eigenvalue weighted by atomic mass is 9.97. The zero-order chi connectivity index (χ0) is 15.8. The van der Waals surface area contributed by atoms with Gasteiger partial charge in [-0.3, -0.25) is 4.79 Å². The van der Waals surface area contributed by atoms with Crippen LogP contribution in [0, 0.1) is 0 Å². The quantitative estimate of drug-likeness (QED) is 0.699. The van der Waals surface area contributed by atoms with E-state index in [0.717, 1.165) is 6.07 Å². The molecule has 114 valence electrons. The van der Waals surface area contributed by atoms with Gasteiger partial charge in [0.2, 0.25) is 5.91 Å². The summed E-state index contributed by atoms with van der Waals surface area (Å²) in [5, 5.41) is 9.48. The molecule has 0 fully saturated rings. The topological polar surface area (TPSA) is 65.5 Å². The first-order valence-electron chi connectivity index (χ1n) is 6.21. The number of anilines is 2. The summed E-state index contributed by atoms with van der Waals surface area (Å²) in [6.45, 7) is 4.75. The molecular weight excluding hydrogens is 285 g/mol. The van der Waals surface area contributed by atoms with Gasteiger partial charge in [-0.25, -0.2) is 5.43 Å². The molecule has 1 aliphatic rings. The largest absolute Gasteiger partial charge is 0.418 e. The van der Waals surface area contributed by atoms with Crippen LogP contribution in [0.5, 0.6) is 0 Å². The molecule has 8 heteroatoms. The van der Waals surface area contributed by atoms with Crippen LogP contribution >= 0.6 is 0 Å². The number of nitrogens with one attached hydrogen (secondary N) is 3. The molecule has 3 N–H and O–H groups in total. The number of halogens is 3. The van der Waals surface area contributed by atoms with Gasteiger partial charge in [-0.15, -0.1) is 0 Å². The molecular formula is C13H15F3N4O. The molecule has 0 radical (unpaired) electrons. The summed E-state index contributed by atoms with van der Waals surface area (Å²) in [6, 6.07) is 3.87. The second-order valence-electron chi connectivity index (χ2n) is 5.23. The maximum atomic E-state index is 13.0. The Hall–Kier alpha value is -2.25. The summed E-state index contributed by atoms with van der Waals surface area (Å²) in [5.74, 6) is -0.211. The summed E-state index contributed by atoms with van der Waals surface area (Å²) >= 11 is 0. The van der Waals surface area contributed by atoms with E-state index in [1.807, 2.05) is 0 Å². The molecule has 1 aliphatic heterocycles. The fourth-order valence-electron chi connectivity index (χ4n) is 2.00. The number of para-hydroxylation sites is 1. The number of amidine groups is 1. The van der Waals surface area contributed by atoms with Gasteiger partial charge in [0.25, 0.3) is 0 Å². The van der Waals surface area contributed by atoms with Crippen LogP contribution in [0.25, 0.3) is 0 Å². The minimum atomic E-state index is -4.49. The molecule has 1 aromatic carbocycles. The summed E-state index contributed by atoms with van der Waals surface area (Å²) < 4.78 is 39.1. The lowest BCUT2D eigenvalue weighted by Gasteiger charge is -2.36. The molecule has 2 rings (SSSR count). The SMILES string of the molecule is CC(=O)NN=C1Nc2c(cccc2C(F)(F)F)NC1(C)C. The Kier molecular flexibility index (Phi) is 3.56. The normalized spacial score (nSPS) is 18.5. The fraction of sp³-hybridized carbons (Fsp3) is 0.385. The highest BCUT2D eigenvalue weighted by Crippen LogP contribution is 2.41. The second-order valence-corrected chi connectivity index (χ2v) is 5.23. The smallest absolute Gasteiger partial charge is 0.371 e. The fourth-order valence-corrected chi connectivity index (χ4v) is 2.00. The highest BCUT2D eigenvalue weighted by Gasteiger charge is 2.39. The second kappa shape index (κ2) is 4.94. The van der Waals surface area contributed by atoms with E-state index in [0.29, 0.717) is 5.69 Å². The lowest BCUT2D eigenvalue weighted by molar-refractivity contribution is -0.136. The van der Waals surface area contributed by atoms with E-state index in [-0.39, 0.29) is 11.5 Å². The molecule has 1 aromatic rings. The van der Waals surface area contributed by atoms with Crippen molar-refractivity contribution in [3.05, 3.63) is 23.8 Å². The molecule has 21 heavy (non-hydrogen) atoms. The minimum absolute atomic E-state index is 0.103. The first-order chi connectivity index (χ1) is 9.61. The van der Waals surface area contributed by atoms with Crippen molar-refractivity contribution in [3.8, 4) is 0 Å². The number of hydrogen-bond donors (Lipinski definition) is 3. The van der Waals surface area contributed by atoms with Crippen LogP contribution < -0.4 is 16.1 Å². The molecule has 1 amide bonds. The molecule has 0 aromatic heterocycles. The number of carbonyl (C=O) groups excluding carboxylic acids is 1. The van der Waals surface area contributed by atoms with Crippen LogP contribution in [0.3, 0.4) is 0 Å². The third-order valence-electron chi connectivity index (χ3n) is 2.98. The Morgan fingerprint density at radius 2 is 2.00 bits per heavy atom. The predicted molar refractivity (Wildman–Crippen MR) is 74.0 cm³/mol. The summed E-state index contributed by atoms with van der Waals surface area (Å²) in [4.78, 5) is 10.9. The standard InChI is InChI=1S/C13H15F3N4O/c1-7(21)19-20-11-12(2,3)18-9-6-4-5-8(10(9)17-11)13(14,15)16/h4-6,18H,1-3H3,(H,17,20)(H,19,21). The Balaban J connectivity index is 2.48. The average molecular weight is 300 g/mol. The number of fused-ring (bicyclic) bond motifs is 1. The minimum Gasteiger partial charge on any atom is -0.371 e. The van der Waals surface area contributed by atoms with Crippen LogP contribution in [0.2, 0.25) is 0 Å². The Morgan fingerprint density at radius 3 is 2.57 bits per heavy atom. The van der Waals surface area contributed by atoms with E-state index in [1.54, 1.807) is 19.9 Å². The van der Waals surface area contributed by atoms with Crippen LogP contribution in [0.15, 0.2) is 23.3 Å². The van der Waals surface area contributed by atoms with E-state index in [1.165, 1.54) is 13.0 Å². The van der Waals surface area contributed by atoms with Gasteiger partial charge in [0.15, 0.2) is 5.84 Å². The first-order valence-corrected chi connectivity index (χ1v) is 6.21. The van der Waals surface area contributed by atoms with E-state index in [9.17, 15) is 18.0 Å². The maximum Gasteiger partial charge on any atom is 0.418 e. The van der Waals surface area contributed by atoms with E-state index < -0.39 is 23.2 Å². The third kappa shape index (κ3) is 3.09. The van der Waals surface area contributed by atoms with E-state index >= 15 is 0 Å². The third-order valence-corrected chi connectivity index (χ3v) is 2.98. The molecule has 0 atom stereocenters. The highest BCUT2D eigenvalue weighted by molar-refractivity contribution is 6.09. The molecule has 0 saturated carbocycles. The number of hydrazone groups is 1. The van der Waals surface area contributed by atoms with Gasteiger partial charge in [-0.05, 0) is 26.0 Å². The first kappa shape index (κ1) is 15.1. The number of rotatable bonds is 1. The van der Waals surface area contributed by atoms with Crippen molar-refractivity contribution in [1.82, 2.24) is 5.43 Å². The van der Waals surface area contributed by atoms with Crippen LogP contribution in [-0.4, -0.2) is 17.3 Å². The molecule has 0 spiro atoms. The molecule has 0 saturated heterocycles. The Labute approximate surface area is 119 Å². The number of amides is 1. The van der Waals surface area contributed by atoms with Crippen molar-refractivity contribution >= 4 is 23.1 Å². The summed E-state index contributed by atoms with van der Waals surface area (Å²) in [5.41, 5.74) is 0.909. The van der Waals surface area contributed by atoms with Gasteiger partial charge >= 0.3 is 6.18 Å². The van der Waals surface area contributed by atoms with Gasteiger partial charge in [0.05, 0.1) is 22.5 Å². The van der Waals surface area contributed by atoms with Crippen molar-refractivity contribution in [2.75, 3.05) is 10.6 Å². The van der Waals surface area contributed by atoms with Gasteiger partial charge < -0.3 is 10.6 Å². The molecule has 1 heterocycles. The molecule has 5 nitrogen and oxygen atoms in total. The zero-order valence-electron chi connectivity index (χ0n) is 11.7. The zero-order valence-corrected chi connectivity index (χ0v) is 11.7. The molecule has 0 aliphatic carbocycles. The number of hydrogen-bond acceptors (Lipinski definition) is 3. The van der Waals surface area contributed by atoms with Crippen LogP contribution in [-0.2, 0) is 11.0 Å². The van der Waals surface area contributed by atoms with Crippen molar-refractivity contribution in [2.45, 2.75) is 32.5 Å². The van der Waals surface area contributed by atoms with E-state index in [4.69, 9.17) is 0 Å². The predicted octanol–water partition coefficient (Wildman–Crippen LogP) is 2.77. The van der Waals surface area contributed by atoms with Gasteiger partial charge in [-0.2, -0.15) is 18.3 Å². The average Bonchev–Trinajstić information content (AvgIpc) is 2.33. The summed E-state index contributed by atoms with van der Waals surface area (Å²) in [6.07, 6.45) is -4.49. The van der Waals surface area contributed by atoms with Crippen molar-refractivity contribution in [3.63, 3.8) is 0 Å². The van der Waals surface area contributed by atoms with E-state index in [2.05, 4.69) is 21.2 Å². The van der Waals surface area contributed by atoms with Crippen molar-refractivity contribution in [1.29, 1.82) is 0 Å². The highest BCUT2D eigenvalue weighted by atomic mass is 19.4. The number of carbonyl (C=O) groups is 1. The molecule has 0 bridgehead atoms. The monoisotopic (exact) mass is 300 g/mol. The van der Waals surface area contributed by atoms with Gasteiger partial charge in [0.1, 0.15) is 0 Å².